The number of benzene rings is 2. The first-order valence-electron chi connectivity index (χ1n) is 8.74. The van der Waals surface area contributed by atoms with Gasteiger partial charge in [0.2, 0.25) is 0 Å². The summed E-state index contributed by atoms with van der Waals surface area (Å²) in [5, 5.41) is 10.3. The molecule has 1 aromatic heterocycles. The first-order valence-corrected chi connectivity index (χ1v) is 9.12. The van der Waals surface area contributed by atoms with Gasteiger partial charge in [-0.3, -0.25) is 0 Å². The van der Waals surface area contributed by atoms with Gasteiger partial charge in [0.05, 0.1) is 0 Å². The maximum Gasteiger partial charge on any atom is 0.319 e. The molecule has 0 atom stereocenters. The van der Waals surface area contributed by atoms with E-state index in [-0.39, 0.29) is 11.9 Å². The summed E-state index contributed by atoms with van der Waals surface area (Å²) in [6.45, 7) is 4.53. The molecule has 1 heterocycles. The van der Waals surface area contributed by atoms with Gasteiger partial charge in [-0.15, -0.1) is 0 Å². The van der Waals surface area contributed by atoms with Crippen LogP contribution in [0.1, 0.15) is 31.2 Å². The molecule has 2 N–H and O–H groups in total. The van der Waals surface area contributed by atoms with Gasteiger partial charge in [-0.25, -0.2) is 4.79 Å². The Balaban J connectivity index is 1.50. The molecule has 0 radical (unpaired) electrons. The van der Waals surface area contributed by atoms with Crippen LogP contribution in [-0.2, 0) is 6.42 Å². The van der Waals surface area contributed by atoms with Crippen molar-refractivity contribution >= 4 is 23.3 Å². The maximum absolute atomic E-state index is 12.0. The molecule has 0 saturated heterocycles. The van der Waals surface area contributed by atoms with Crippen molar-refractivity contribution in [2.24, 2.45) is 0 Å². The lowest BCUT2D eigenvalue weighted by molar-refractivity contribution is 0.252. The third kappa shape index (κ3) is 5.31. The zero-order chi connectivity index (χ0) is 19.2. The van der Waals surface area contributed by atoms with Crippen molar-refractivity contribution in [1.82, 2.24) is 15.5 Å². The fourth-order valence-corrected chi connectivity index (χ4v) is 2.68. The molecule has 140 valence electrons. The Kier molecular flexibility index (Phi) is 6.08. The zero-order valence-corrected chi connectivity index (χ0v) is 16.0. The van der Waals surface area contributed by atoms with Gasteiger partial charge in [0.1, 0.15) is 0 Å². The number of urea groups is 1. The largest absolute Gasteiger partial charge is 0.338 e. The Morgan fingerprint density at radius 2 is 1.96 bits per heavy atom. The summed E-state index contributed by atoms with van der Waals surface area (Å²) >= 11 is 5.95. The van der Waals surface area contributed by atoms with E-state index in [4.69, 9.17) is 16.1 Å². The zero-order valence-electron chi connectivity index (χ0n) is 15.2. The molecule has 0 bridgehead atoms. The summed E-state index contributed by atoms with van der Waals surface area (Å²) in [4.78, 5) is 16.4. The minimum Gasteiger partial charge on any atom is -0.338 e. The molecule has 0 spiro atoms. The Hall–Kier alpha value is -2.86. The van der Waals surface area contributed by atoms with Gasteiger partial charge in [0.15, 0.2) is 5.82 Å². The molecule has 0 aliphatic rings. The van der Waals surface area contributed by atoms with E-state index in [9.17, 15) is 4.79 Å². The van der Waals surface area contributed by atoms with E-state index in [1.807, 2.05) is 50.2 Å². The van der Waals surface area contributed by atoms with E-state index in [2.05, 4.69) is 20.8 Å². The van der Waals surface area contributed by atoms with E-state index in [1.54, 1.807) is 12.1 Å². The number of rotatable bonds is 6. The van der Waals surface area contributed by atoms with Gasteiger partial charge < -0.3 is 15.2 Å². The molecule has 0 unspecified atom stereocenters. The number of nitrogens with zero attached hydrogens (tertiary/aromatic N) is 2. The SMILES string of the molecule is CC(C)c1noc(-c2ccc(NC(=O)NCCc3cccc(Cl)c3)cc2)n1. The quantitative estimate of drug-likeness (QED) is 0.634. The summed E-state index contributed by atoms with van der Waals surface area (Å²) in [5.41, 5.74) is 2.57. The van der Waals surface area contributed by atoms with Crippen LogP contribution in [0.5, 0.6) is 0 Å². The number of hydrogen-bond donors (Lipinski definition) is 2. The number of carbonyl (C=O) groups excluding carboxylic acids is 1. The van der Waals surface area contributed by atoms with Gasteiger partial charge in [0, 0.05) is 28.7 Å². The van der Waals surface area contributed by atoms with Crippen LogP contribution in [-0.4, -0.2) is 22.7 Å². The van der Waals surface area contributed by atoms with Crippen LogP contribution in [0.25, 0.3) is 11.5 Å². The lowest BCUT2D eigenvalue weighted by Crippen LogP contribution is -2.30. The molecule has 2 amide bonds. The molecular weight excluding hydrogens is 364 g/mol. The highest BCUT2D eigenvalue weighted by molar-refractivity contribution is 6.30. The minimum atomic E-state index is -0.260. The Bertz CT molecular complexity index is 906. The van der Waals surface area contributed by atoms with Crippen LogP contribution in [0.4, 0.5) is 10.5 Å². The number of carbonyl (C=O) groups is 1. The van der Waals surface area contributed by atoms with Gasteiger partial charge in [-0.2, -0.15) is 4.98 Å². The molecule has 0 aliphatic carbocycles. The number of nitrogens with one attached hydrogen (secondary N) is 2. The standard InChI is InChI=1S/C20H21ClN4O2/c1-13(2)18-24-19(27-25-18)15-6-8-17(9-7-15)23-20(26)22-11-10-14-4-3-5-16(21)12-14/h3-9,12-13H,10-11H2,1-2H3,(H2,22,23,26). The molecule has 0 aliphatic heterocycles. The lowest BCUT2D eigenvalue weighted by Gasteiger charge is -2.08. The van der Waals surface area contributed by atoms with Crippen molar-refractivity contribution in [1.29, 1.82) is 0 Å². The fraction of sp³-hybridized carbons (Fsp3) is 0.250. The number of amides is 2. The third-order valence-electron chi connectivity index (χ3n) is 3.94. The molecule has 0 saturated carbocycles. The molecule has 0 fully saturated rings. The minimum absolute atomic E-state index is 0.207. The highest BCUT2D eigenvalue weighted by atomic mass is 35.5. The fourth-order valence-electron chi connectivity index (χ4n) is 2.47. The van der Waals surface area contributed by atoms with Crippen LogP contribution < -0.4 is 10.6 Å². The first-order chi connectivity index (χ1) is 13.0. The van der Waals surface area contributed by atoms with Gasteiger partial charge in [0.25, 0.3) is 5.89 Å². The second-order valence-corrected chi connectivity index (χ2v) is 6.89. The van der Waals surface area contributed by atoms with Crippen LogP contribution in [0.2, 0.25) is 5.02 Å². The van der Waals surface area contributed by atoms with Crippen molar-refractivity contribution in [3.63, 3.8) is 0 Å². The second-order valence-electron chi connectivity index (χ2n) is 6.45. The first kappa shape index (κ1) is 18.9. The van der Waals surface area contributed by atoms with E-state index in [0.717, 1.165) is 11.1 Å². The maximum atomic E-state index is 12.0. The normalized spacial score (nSPS) is 10.8. The summed E-state index contributed by atoms with van der Waals surface area (Å²) in [7, 11) is 0. The average Bonchev–Trinajstić information content (AvgIpc) is 3.13. The average molecular weight is 385 g/mol. The van der Waals surface area contributed by atoms with E-state index >= 15 is 0 Å². The number of hydrogen-bond acceptors (Lipinski definition) is 4. The Morgan fingerprint density at radius 3 is 2.63 bits per heavy atom. The van der Waals surface area contributed by atoms with Crippen molar-refractivity contribution in [3.05, 3.63) is 64.9 Å². The van der Waals surface area contributed by atoms with Crippen molar-refractivity contribution in [2.45, 2.75) is 26.2 Å². The molecular formula is C20H21ClN4O2. The van der Waals surface area contributed by atoms with Crippen LogP contribution in [0.15, 0.2) is 53.1 Å². The third-order valence-corrected chi connectivity index (χ3v) is 4.17. The second kappa shape index (κ2) is 8.68. The molecule has 7 heteroatoms. The highest BCUT2D eigenvalue weighted by Crippen LogP contribution is 2.21. The van der Waals surface area contributed by atoms with Crippen molar-refractivity contribution < 1.29 is 9.32 Å². The number of aromatic nitrogens is 2. The topological polar surface area (TPSA) is 80.0 Å². The summed E-state index contributed by atoms with van der Waals surface area (Å²) in [6.07, 6.45) is 0.711. The molecule has 27 heavy (non-hydrogen) atoms. The number of anilines is 1. The number of halogens is 1. The highest BCUT2D eigenvalue weighted by Gasteiger charge is 2.11. The van der Waals surface area contributed by atoms with Crippen molar-refractivity contribution in [2.75, 3.05) is 11.9 Å². The Morgan fingerprint density at radius 1 is 1.19 bits per heavy atom. The van der Waals surface area contributed by atoms with Crippen LogP contribution in [0, 0.1) is 0 Å². The molecule has 2 aromatic carbocycles. The summed E-state index contributed by atoms with van der Waals surface area (Å²) in [5.74, 6) is 1.35. The summed E-state index contributed by atoms with van der Waals surface area (Å²) < 4.78 is 5.27. The summed E-state index contributed by atoms with van der Waals surface area (Å²) in [6, 6.07) is 14.6. The predicted octanol–water partition coefficient (Wildman–Crippen LogP) is 4.88. The van der Waals surface area contributed by atoms with Crippen molar-refractivity contribution in [3.8, 4) is 11.5 Å². The predicted molar refractivity (Wildman–Crippen MR) is 106 cm³/mol. The Labute approximate surface area is 162 Å². The lowest BCUT2D eigenvalue weighted by atomic mass is 10.1. The van der Waals surface area contributed by atoms with E-state index in [0.29, 0.717) is 35.4 Å². The molecule has 6 nitrogen and oxygen atoms in total. The smallest absolute Gasteiger partial charge is 0.319 e. The molecule has 3 aromatic rings. The van der Waals surface area contributed by atoms with Crippen LogP contribution >= 0.6 is 11.6 Å². The van der Waals surface area contributed by atoms with Gasteiger partial charge >= 0.3 is 6.03 Å². The van der Waals surface area contributed by atoms with Gasteiger partial charge in [-0.1, -0.05) is 42.7 Å². The van der Waals surface area contributed by atoms with E-state index in [1.165, 1.54) is 0 Å². The van der Waals surface area contributed by atoms with Crippen LogP contribution in [0.3, 0.4) is 0 Å². The monoisotopic (exact) mass is 384 g/mol. The van der Waals surface area contributed by atoms with E-state index < -0.39 is 0 Å². The van der Waals surface area contributed by atoms with Gasteiger partial charge in [-0.05, 0) is 48.4 Å². The molecule has 3 rings (SSSR count).